The van der Waals surface area contributed by atoms with Crippen molar-refractivity contribution in [3.63, 3.8) is 0 Å². The molecule has 0 bridgehead atoms. The number of nitrogens with zero attached hydrogens (tertiary/aromatic N) is 1. The van der Waals surface area contributed by atoms with Gasteiger partial charge in [-0.25, -0.2) is 9.78 Å². The summed E-state index contributed by atoms with van der Waals surface area (Å²) >= 11 is 0. The molecule has 3 aromatic rings. The summed E-state index contributed by atoms with van der Waals surface area (Å²) in [5, 5.41) is 2.79. The van der Waals surface area contributed by atoms with Crippen LogP contribution in [0.5, 0.6) is 5.75 Å². The molecule has 2 aromatic carbocycles. The van der Waals surface area contributed by atoms with Crippen LogP contribution in [0.15, 0.2) is 48.5 Å². The fraction of sp³-hybridized carbons (Fsp3) is 0.208. The lowest BCUT2D eigenvalue weighted by atomic mass is 10.0. The first-order valence-electron chi connectivity index (χ1n) is 9.84. The van der Waals surface area contributed by atoms with E-state index in [-0.39, 0.29) is 11.4 Å². The van der Waals surface area contributed by atoms with Gasteiger partial charge in [0.15, 0.2) is 0 Å². The number of amides is 1. The summed E-state index contributed by atoms with van der Waals surface area (Å²) < 4.78 is 46.4. The summed E-state index contributed by atoms with van der Waals surface area (Å²) in [6.45, 7) is 5.17. The molecule has 0 unspecified atom stereocenters. The number of aryl methyl sites for hydroxylation is 2. The summed E-state index contributed by atoms with van der Waals surface area (Å²) in [7, 11) is 1.27. The highest BCUT2D eigenvalue weighted by atomic mass is 19.4. The minimum atomic E-state index is -4.82. The Morgan fingerprint density at radius 1 is 0.970 bits per heavy atom. The molecule has 1 heterocycles. The van der Waals surface area contributed by atoms with Crippen LogP contribution in [-0.2, 0) is 4.74 Å². The number of pyridine rings is 1. The predicted molar refractivity (Wildman–Crippen MR) is 116 cm³/mol. The molecule has 0 saturated heterocycles. The van der Waals surface area contributed by atoms with Crippen molar-refractivity contribution in [2.45, 2.75) is 27.1 Å². The number of aromatic nitrogens is 1. The molecule has 1 N–H and O–H groups in total. The molecule has 33 heavy (non-hydrogen) atoms. The van der Waals surface area contributed by atoms with E-state index in [1.165, 1.54) is 25.3 Å². The van der Waals surface area contributed by atoms with Crippen LogP contribution >= 0.6 is 0 Å². The standard InChI is InChI=1S/C24H21F3N2O4/c1-13-8-10-18(23(31)32-4)15(3)20(13)29-22(30)21-14(2)9-11-19(28-21)16-6-5-7-17(12-16)33-24(25,26)27/h5-12H,1-4H3,(H,29,30). The van der Waals surface area contributed by atoms with Crippen LogP contribution in [0, 0.1) is 20.8 Å². The Morgan fingerprint density at radius 3 is 2.33 bits per heavy atom. The fourth-order valence-corrected chi connectivity index (χ4v) is 3.32. The molecule has 9 heteroatoms. The Kier molecular flexibility index (Phi) is 6.71. The number of anilines is 1. The van der Waals surface area contributed by atoms with Gasteiger partial charge in [-0.15, -0.1) is 13.2 Å². The van der Waals surface area contributed by atoms with Gasteiger partial charge in [0.25, 0.3) is 5.91 Å². The highest BCUT2D eigenvalue weighted by molar-refractivity contribution is 6.06. The van der Waals surface area contributed by atoms with Crippen molar-refractivity contribution in [2.24, 2.45) is 0 Å². The topological polar surface area (TPSA) is 77.5 Å². The number of halogens is 3. The van der Waals surface area contributed by atoms with E-state index in [9.17, 15) is 22.8 Å². The largest absolute Gasteiger partial charge is 0.573 e. The predicted octanol–water partition coefficient (Wildman–Crippen LogP) is 5.61. The Morgan fingerprint density at radius 2 is 1.67 bits per heavy atom. The number of ether oxygens (including phenoxy) is 2. The van der Waals surface area contributed by atoms with Gasteiger partial charge in [0.05, 0.1) is 18.4 Å². The lowest BCUT2D eigenvalue weighted by Gasteiger charge is -2.15. The van der Waals surface area contributed by atoms with Crippen LogP contribution in [0.25, 0.3) is 11.3 Å². The average molecular weight is 458 g/mol. The molecule has 172 valence electrons. The van der Waals surface area contributed by atoms with Crippen molar-refractivity contribution in [2.75, 3.05) is 12.4 Å². The zero-order valence-corrected chi connectivity index (χ0v) is 18.3. The summed E-state index contributed by atoms with van der Waals surface area (Å²) in [6.07, 6.45) is -4.82. The number of hydrogen-bond donors (Lipinski definition) is 1. The van der Waals surface area contributed by atoms with Gasteiger partial charge in [-0.05, 0) is 61.7 Å². The molecule has 0 aliphatic heterocycles. The van der Waals surface area contributed by atoms with Gasteiger partial charge < -0.3 is 14.8 Å². The quantitative estimate of drug-likeness (QED) is 0.503. The Balaban J connectivity index is 1.95. The summed E-state index contributed by atoms with van der Waals surface area (Å²) in [6, 6.07) is 11.9. The van der Waals surface area contributed by atoms with Crippen molar-refractivity contribution in [3.8, 4) is 17.0 Å². The first-order valence-corrected chi connectivity index (χ1v) is 9.84. The van der Waals surface area contributed by atoms with Gasteiger partial charge in [-0.3, -0.25) is 4.79 Å². The number of hydrogen-bond acceptors (Lipinski definition) is 5. The van der Waals surface area contributed by atoms with Crippen molar-refractivity contribution < 1.29 is 32.2 Å². The van der Waals surface area contributed by atoms with E-state index in [4.69, 9.17) is 4.74 Å². The zero-order chi connectivity index (χ0) is 24.3. The minimum absolute atomic E-state index is 0.0944. The van der Waals surface area contributed by atoms with Crippen LogP contribution in [-0.4, -0.2) is 30.3 Å². The summed E-state index contributed by atoms with van der Waals surface area (Å²) in [4.78, 5) is 29.4. The maximum absolute atomic E-state index is 13.1. The van der Waals surface area contributed by atoms with E-state index in [2.05, 4.69) is 15.0 Å². The normalized spacial score (nSPS) is 11.1. The third-order valence-corrected chi connectivity index (χ3v) is 4.99. The Labute approximate surface area is 188 Å². The number of carbonyl (C=O) groups excluding carboxylic acids is 2. The number of carbonyl (C=O) groups is 2. The number of benzene rings is 2. The molecule has 6 nitrogen and oxygen atoms in total. The summed E-state index contributed by atoms with van der Waals surface area (Å²) in [5.41, 5.74) is 3.37. The fourth-order valence-electron chi connectivity index (χ4n) is 3.32. The lowest BCUT2D eigenvalue weighted by Crippen LogP contribution is -2.18. The van der Waals surface area contributed by atoms with Crippen LogP contribution in [0.3, 0.4) is 0 Å². The van der Waals surface area contributed by atoms with Crippen LogP contribution in [0.2, 0.25) is 0 Å². The number of nitrogens with one attached hydrogen (secondary N) is 1. The molecule has 0 spiro atoms. The van der Waals surface area contributed by atoms with Gasteiger partial charge in [0.2, 0.25) is 0 Å². The molecule has 3 rings (SSSR count). The van der Waals surface area contributed by atoms with Crippen LogP contribution < -0.4 is 10.1 Å². The van der Waals surface area contributed by atoms with Crippen molar-refractivity contribution in [1.82, 2.24) is 4.98 Å². The van der Waals surface area contributed by atoms with E-state index in [0.717, 1.165) is 5.56 Å². The van der Waals surface area contributed by atoms with Gasteiger partial charge in [-0.2, -0.15) is 0 Å². The maximum Gasteiger partial charge on any atom is 0.573 e. The van der Waals surface area contributed by atoms with E-state index in [0.29, 0.717) is 33.6 Å². The monoisotopic (exact) mass is 458 g/mol. The molecule has 0 aliphatic carbocycles. The van der Waals surface area contributed by atoms with Gasteiger partial charge >= 0.3 is 12.3 Å². The molecule has 0 saturated carbocycles. The van der Waals surface area contributed by atoms with Gasteiger partial charge in [0, 0.05) is 11.3 Å². The molecular weight excluding hydrogens is 437 g/mol. The molecule has 0 fully saturated rings. The van der Waals surface area contributed by atoms with E-state index in [1.807, 2.05) is 0 Å². The van der Waals surface area contributed by atoms with Crippen LogP contribution in [0.4, 0.5) is 18.9 Å². The molecule has 0 aliphatic rings. The second kappa shape index (κ2) is 9.32. The number of alkyl halides is 3. The summed E-state index contributed by atoms with van der Waals surface area (Å²) in [5.74, 6) is -1.44. The van der Waals surface area contributed by atoms with Crippen molar-refractivity contribution in [1.29, 1.82) is 0 Å². The number of esters is 1. The second-order valence-electron chi connectivity index (χ2n) is 7.31. The van der Waals surface area contributed by atoms with Crippen LogP contribution in [0.1, 0.15) is 37.5 Å². The lowest BCUT2D eigenvalue weighted by molar-refractivity contribution is -0.274. The SMILES string of the molecule is COC(=O)c1ccc(C)c(NC(=O)c2nc(-c3cccc(OC(F)(F)F)c3)ccc2C)c1C. The molecule has 1 amide bonds. The van der Waals surface area contributed by atoms with Gasteiger partial charge in [0.1, 0.15) is 11.4 Å². The minimum Gasteiger partial charge on any atom is -0.465 e. The van der Waals surface area contributed by atoms with E-state index < -0.39 is 18.2 Å². The van der Waals surface area contributed by atoms with Gasteiger partial charge in [-0.1, -0.05) is 24.3 Å². The highest BCUT2D eigenvalue weighted by Gasteiger charge is 2.31. The van der Waals surface area contributed by atoms with E-state index >= 15 is 0 Å². The second-order valence-corrected chi connectivity index (χ2v) is 7.31. The Bertz CT molecular complexity index is 1220. The number of rotatable bonds is 5. The zero-order valence-electron chi connectivity index (χ0n) is 18.3. The molecule has 0 radical (unpaired) electrons. The third-order valence-electron chi connectivity index (χ3n) is 4.99. The average Bonchev–Trinajstić information content (AvgIpc) is 2.75. The first-order chi connectivity index (χ1) is 15.5. The molecular formula is C24H21F3N2O4. The smallest absolute Gasteiger partial charge is 0.465 e. The first kappa shape index (κ1) is 23.8. The number of methoxy groups -OCH3 is 1. The van der Waals surface area contributed by atoms with Crippen molar-refractivity contribution >= 4 is 17.6 Å². The maximum atomic E-state index is 13.1. The third kappa shape index (κ3) is 5.49. The molecule has 0 atom stereocenters. The molecule has 1 aromatic heterocycles. The highest BCUT2D eigenvalue weighted by Crippen LogP contribution is 2.29. The Hall–Kier alpha value is -3.88. The van der Waals surface area contributed by atoms with E-state index in [1.54, 1.807) is 51.1 Å². The van der Waals surface area contributed by atoms with Crippen molar-refractivity contribution in [3.05, 3.63) is 76.5 Å².